The van der Waals surface area contributed by atoms with E-state index in [1.54, 1.807) is 30.3 Å². The molecule has 3 heterocycles. The van der Waals surface area contributed by atoms with Crippen LogP contribution in [0.3, 0.4) is 0 Å². The normalized spacial score (nSPS) is 12.7. The number of nitrogens with zero attached hydrogens (tertiary/aromatic N) is 2. The number of hydrogen-bond acceptors (Lipinski definition) is 8. The molecular formula is C18H14N2O6. The molecular weight excluding hydrogens is 340 g/mol. The second-order valence-electron chi connectivity index (χ2n) is 5.47. The van der Waals surface area contributed by atoms with Crippen LogP contribution in [0.1, 0.15) is 17.4 Å². The van der Waals surface area contributed by atoms with Crippen LogP contribution in [0.2, 0.25) is 0 Å². The molecule has 3 aromatic rings. The Kier molecular flexibility index (Phi) is 4.14. The zero-order valence-electron chi connectivity index (χ0n) is 13.8. The first kappa shape index (κ1) is 15.9. The summed E-state index contributed by atoms with van der Waals surface area (Å²) < 4.78 is 26.1. The summed E-state index contributed by atoms with van der Waals surface area (Å²) in [6, 6.07) is 8.89. The number of carbonyl (C=O) groups excluding carboxylic acids is 1. The Morgan fingerprint density at radius 3 is 2.96 bits per heavy atom. The Labute approximate surface area is 148 Å². The van der Waals surface area contributed by atoms with Crippen LogP contribution in [-0.4, -0.2) is 22.9 Å². The SMILES string of the molecule is Cc1ccc(/C=C/C(=O)OCc2nc(-c3ccc4c(c3)OCO4)no2)o1. The summed E-state index contributed by atoms with van der Waals surface area (Å²) in [5.74, 6) is 2.65. The second kappa shape index (κ2) is 6.75. The van der Waals surface area contributed by atoms with E-state index in [-0.39, 0.29) is 19.3 Å². The average molecular weight is 354 g/mol. The number of esters is 1. The highest BCUT2D eigenvalue weighted by molar-refractivity contribution is 5.86. The standard InChI is InChI=1S/C18H14N2O6/c1-11-2-4-13(25-11)5-7-17(21)22-9-16-19-18(20-26-16)12-3-6-14-15(8-12)24-10-23-14/h2-8H,9-10H2,1H3/b7-5+. The highest BCUT2D eigenvalue weighted by atomic mass is 16.7. The molecule has 0 amide bonds. The molecule has 0 saturated heterocycles. The summed E-state index contributed by atoms with van der Waals surface area (Å²) in [6.07, 6.45) is 2.80. The number of hydrogen-bond donors (Lipinski definition) is 0. The van der Waals surface area contributed by atoms with Crippen LogP contribution in [0, 0.1) is 6.92 Å². The molecule has 8 nitrogen and oxygen atoms in total. The van der Waals surface area contributed by atoms with Gasteiger partial charge in [-0.25, -0.2) is 4.79 Å². The molecule has 8 heteroatoms. The van der Waals surface area contributed by atoms with Gasteiger partial charge in [0.25, 0.3) is 5.89 Å². The zero-order valence-corrected chi connectivity index (χ0v) is 13.8. The number of rotatable bonds is 5. The largest absolute Gasteiger partial charge is 0.462 e. The monoisotopic (exact) mass is 354 g/mol. The van der Waals surface area contributed by atoms with Crippen molar-refractivity contribution in [3.05, 3.63) is 53.8 Å². The van der Waals surface area contributed by atoms with Crippen LogP contribution >= 0.6 is 0 Å². The van der Waals surface area contributed by atoms with E-state index in [4.69, 9.17) is 23.2 Å². The number of aromatic nitrogens is 2. The lowest BCUT2D eigenvalue weighted by molar-refractivity contribution is -0.139. The molecule has 1 aromatic carbocycles. The number of aryl methyl sites for hydroxylation is 1. The fraction of sp³-hybridized carbons (Fsp3) is 0.167. The number of furan rings is 1. The second-order valence-corrected chi connectivity index (χ2v) is 5.47. The predicted molar refractivity (Wildman–Crippen MR) is 88.1 cm³/mol. The van der Waals surface area contributed by atoms with Crippen LogP contribution in [0.25, 0.3) is 17.5 Å². The molecule has 0 unspecified atom stereocenters. The predicted octanol–water partition coefficient (Wildman–Crippen LogP) is 3.12. The molecule has 4 rings (SSSR count). The molecule has 0 saturated carbocycles. The van der Waals surface area contributed by atoms with Gasteiger partial charge in [-0.1, -0.05) is 5.16 Å². The summed E-state index contributed by atoms with van der Waals surface area (Å²) in [4.78, 5) is 15.9. The van der Waals surface area contributed by atoms with E-state index < -0.39 is 5.97 Å². The molecule has 2 aromatic heterocycles. The number of ether oxygens (including phenoxy) is 3. The molecule has 0 atom stereocenters. The van der Waals surface area contributed by atoms with Gasteiger partial charge in [-0.05, 0) is 43.3 Å². The first-order valence-corrected chi connectivity index (χ1v) is 7.81. The van der Waals surface area contributed by atoms with Crippen molar-refractivity contribution >= 4 is 12.0 Å². The zero-order chi connectivity index (χ0) is 17.9. The van der Waals surface area contributed by atoms with Crippen molar-refractivity contribution in [3.8, 4) is 22.9 Å². The topological polar surface area (TPSA) is 96.8 Å². The third-order valence-corrected chi connectivity index (χ3v) is 3.58. The Morgan fingerprint density at radius 1 is 1.23 bits per heavy atom. The Balaban J connectivity index is 1.36. The van der Waals surface area contributed by atoms with E-state index in [9.17, 15) is 4.79 Å². The molecule has 0 aliphatic carbocycles. The third-order valence-electron chi connectivity index (χ3n) is 3.58. The maximum atomic E-state index is 11.7. The highest BCUT2D eigenvalue weighted by Gasteiger charge is 2.16. The summed E-state index contributed by atoms with van der Waals surface area (Å²) in [7, 11) is 0. The summed E-state index contributed by atoms with van der Waals surface area (Å²) in [6.45, 7) is 1.89. The molecule has 1 aliphatic rings. The van der Waals surface area contributed by atoms with Gasteiger partial charge in [-0.3, -0.25) is 0 Å². The van der Waals surface area contributed by atoms with E-state index in [1.165, 1.54) is 12.2 Å². The van der Waals surface area contributed by atoms with Crippen LogP contribution in [0.4, 0.5) is 0 Å². The fourth-order valence-corrected chi connectivity index (χ4v) is 2.34. The van der Waals surface area contributed by atoms with Gasteiger partial charge in [0.1, 0.15) is 11.5 Å². The first-order valence-electron chi connectivity index (χ1n) is 7.81. The molecule has 0 fully saturated rings. The van der Waals surface area contributed by atoms with Crippen molar-refractivity contribution < 1.29 is 27.9 Å². The minimum Gasteiger partial charge on any atom is -0.462 e. The Bertz CT molecular complexity index is 972. The highest BCUT2D eigenvalue weighted by Crippen LogP contribution is 2.35. The van der Waals surface area contributed by atoms with Gasteiger partial charge in [0.05, 0.1) is 0 Å². The third kappa shape index (κ3) is 3.44. The summed E-state index contributed by atoms with van der Waals surface area (Å²) in [5.41, 5.74) is 0.712. The molecule has 0 spiro atoms. The van der Waals surface area contributed by atoms with E-state index in [2.05, 4.69) is 10.1 Å². The van der Waals surface area contributed by atoms with Gasteiger partial charge in [0.2, 0.25) is 12.6 Å². The van der Waals surface area contributed by atoms with Gasteiger partial charge in [0, 0.05) is 11.6 Å². The quantitative estimate of drug-likeness (QED) is 0.509. The fourth-order valence-electron chi connectivity index (χ4n) is 2.34. The molecule has 132 valence electrons. The smallest absolute Gasteiger partial charge is 0.331 e. The van der Waals surface area contributed by atoms with E-state index in [0.29, 0.717) is 28.6 Å². The van der Waals surface area contributed by atoms with Gasteiger partial charge < -0.3 is 23.2 Å². The molecule has 0 bridgehead atoms. The van der Waals surface area contributed by atoms with Crippen molar-refractivity contribution in [2.75, 3.05) is 6.79 Å². The van der Waals surface area contributed by atoms with Crippen LogP contribution in [-0.2, 0) is 16.1 Å². The molecule has 0 radical (unpaired) electrons. The number of benzene rings is 1. The van der Waals surface area contributed by atoms with Gasteiger partial charge >= 0.3 is 5.97 Å². The van der Waals surface area contributed by atoms with Crippen molar-refractivity contribution in [2.24, 2.45) is 0 Å². The van der Waals surface area contributed by atoms with Gasteiger partial charge in [-0.15, -0.1) is 0 Å². The molecule has 1 aliphatic heterocycles. The maximum absolute atomic E-state index is 11.7. The van der Waals surface area contributed by atoms with Crippen molar-refractivity contribution in [3.63, 3.8) is 0 Å². The van der Waals surface area contributed by atoms with E-state index >= 15 is 0 Å². The van der Waals surface area contributed by atoms with Crippen LogP contribution in [0.15, 0.2) is 45.3 Å². The van der Waals surface area contributed by atoms with Crippen molar-refractivity contribution in [2.45, 2.75) is 13.5 Å². The lowest BCUT2D eigenvalue weighted by Gasteiger charge is -1.98. The van der Waals surface area contributed by atoms with Crippen LogP contribution < -0.4 is 9.47 Å². The van der Waals surface area contributed by atoms with Crippen molar-refractivity contribution in [1.29, 1.82) is 0 Å². The lowest BCUT2D eigenvalue weighted by atomic mass is 10.2. The molecule has 26 heavy (non-hydrogen) atoms. The van der Waals surface area contributed by atoms with E-state index in [1.807, 2.05) is 6.92 Å². The van der Waals surface area contributed by atoms with Gasteiger partial charge in [0.15, 0.2) is 18.1 Å². The minimum atomic E-state index is -0.540. The Hall–Kier alpha value is -3.55. The Morgan fingerprint density at radius 2 is 2.12 bits per heavy atom. The summed E-state index contributed by atoms with van der Waals surface area (Å²) >= 11 is 0. The van der Waals surface area contributed by atoms with Crippen LogP contribution in [0.5, 0.6) is 11.5 Å². The lowest BCUT2D eigenvalue weighted by Crippen LogP contribution is -2.00. The number of fused-ring (bicyclic) bond motifs is 1. The minimum absolute atomic E-state index is 0.127. The molecule has 0 N–H and O–H groups in total. The van der Waals surface area contributed by atoms with E-state index in [0.717, 1.165) is 5.76 Å². The maximum Gasteiger partial charge on any atom is 0.331 e. The van der Waals surface area contributed by atoms with Crippen molar-refractivity contribution in [1.82, 2.24) is 10.1 Å². The van der Waals surface area contributed by atoms with Gasteiger partial charge in [-0.2, -0.15) is 4.98 Å². The first-order chi connectivity index (χ1) is 12.7. The number of carbonyl (C=O) groups is 1. The average Bonchev–Trinajstić information content (AvgIpc) is 3.38. The summed E-state index contributed by atoms with van der Waals surface area (Å²) in [5, 5.41) is 3.88.